The van der Waals surface area contributed by atoms with Gasteiger partial charge in [-0.05, 0) is 59.5 Å². The van der Waals surface area contributed by atoms with E-state index in [4.69, 9.17) is 0 Å². The van der Waals surface area contributed by atoms with Crippen molar-refractivity contribution in [1.29, 1.82) is 0 Å². The zero-order valence-corrected chi connectivity index (χ0v) is 22.5. The van der Waals surface area contributed by atoms with E-state index in [2.05, 4.69) is 137 Å². The number of benzene rings is 5. The van der Waals surface area contributed by atoms with Gasteiger partial charge in [-0.15, -0.1) is 22.7 Å². The first-order valence-corrected chi connectivity index (χ1v) is 14.9. The van der Waals surface area contributed by atoms with E-state index >= 15 is 0 Å². The van der Waals surface area contributed by atoms with Crippen LogP contribution in [-0.2, 0) is 0 Å². The smallest absolute Gasteiger partial charge is 0.264 e. The monoisotopic (exact) mass is 532 g/mol. The third kappa shape index (κ3) is 2.92. The number of para-hydroxylation sites is 3. The molecule has 5 aromatic carbocycles. The van der Waals surface area contributed by atoms with Gasteiger partial charge in [0, 0.05) is 48.7 Å². The summed E-state index contributed by atoms with van der Waals surface area (Å²) in [6, 6.07) is 46.4. The van der Waals surface area contributed by atoms with Gasteiger partial charge in [-0.3, -0.25) is 0 Å². The van der Waals surface area contributed by atoms with Crippen molar-refractivity contribution in [2.24, 2.45) is 0 Å². The third-order valence-electron chi connectivity index (χ3n) is 8.07. The molecule has 0 saturated carbocycles. The fraction of sp³-hybridized carbons (Fsp3) is 0. The second-order valence-corrected chi connectivity index (χ2v) is 12.5. The average Bonchev–Trinajstić information content (AvgIpc) is 3.54. The lowest BCUT2D eigenvalue weighted by Crippen LogP contribution is -2.60. The van der Waals surface area contributed by atoms with Crippen molar-refractivity contribution in [3.63, 3.8) is 0 Å². The summed E-state index contributed by atoms with van der Waals surface area (Å²) < 4.78 is 4.19. The van der Waals surface area contributed by atoms with E-state index < -0.39 is 0 Å². The van der Waals surface area contributed by atoms with Gasteiger partial charge in [0.25, 0.3) is 6.71 Å². The molecule has 2 aliphatic heterocycles. The minimum absolute atomic E-state index is 0.186. The van der Waals surface area contributed by atoms with Crippen LogP contribution in [0.25, 0.3) is 19.5 Å². The highest BCUT2D eigenvalue weighted by Crippen LogP contribution is 2.50. The quantitative estimate of drug-likeness (QED) is 0.207. The maximum Gasteiger partial charge on any atom is 0.264 e. The number of nitrogens with zero attached hydrogens (tertiary/aromatic N) is 2. The molecule has 0 radical (unpaired) electrons. The molecule has 0 amide bonds. The first-order chi connectivity index (χ1) is 19.4. The Morgan fingerprint density at radius 2 is 1.13 bits per heavy atom. The number of hydrogen-bond donors (Lipinski definition) is 0. The molecular formula is C34H21BN2S2. The normalized spacial score (nSPS) is 13.5. The highest BCUT2D eigenvalue weighted by atomic mass is 32.2. The van der Waals surface area contributed by atoms with Crippen LogP contribution in [0.5, 0.6) is 0 Å². The molecule has 7 aromatic rings. The maximum absolute atomic E-state index is 2.53. The Bertz CT molecular complexity index is 2040. The molecule has 4 heterocycles. The number of hydrogen-bond acceptors (Lipinski definition) is 4. The summed E-state index contributed by atoms with van der Waals surface area (Å²) in [6.45, 7) is 0.186. The summed E-state index contributed by atoms with van der Waals surface area (Å²) in [5.74, 6) is 0. The first-order valence-electron chi connectivity index (χ1n) is 13.2. The van der Waals surface area contributed by atoms with Gasteiger partial charge in [-0.25, -0.2) is 0 Å². The first kappa shape index (κ1) is 21.6. The SMILES string of the molecule is c1ccc(N2c3ccccc3B3c4sc5sc6ccccc6c5c4N(c4ccccc4)c4cccc2c43)cc1. The van der Waals surface area contributed by atoms with E-state index in [1.807, 2.05) is 22.7 Å². The molecule has 2 nitrogen and oxygen atoms in total. The Morgan fingerprint density at radius 3 is 1.92 bits per heavy atom. The van der Waals surface area contributed by atoms with Gasteiger partial charge in [0.2, 0.25) is 0 Å². The highest BCUT2D eigenvalue weighted by molar-refractivity contribution is 7.47. The predicted molar refractivity (Wildman–Crippen MR) is 171 cm³/mol. The van der Waals surface area contributed by atoms with Crippen LogP contribution in [0, 0.1) is 0 Å². The molecule has 2 aromatic heterocycles. The van der Waals surface area contributed by atoms with E-state index in [1.165, 1.54) is 69.3 Å². The summed E-state index contributed by atoms with van der Waals surface area (Å²) in [6.07, 6.45) is 0. The maximum atomic E-state index is 2.53. The molecule has 182 valence electrons. The summed E-state index contributed by atoms with van der Waals surface area (Å²) in [4.78, 5) is 4.98. The fourth-order valence-corrected chi connectivity index (χ4v) is 9.35. The van der Waals surface area contributed by atoms with E-state index in [1.54, 1.807) is 0 Å². The molecule has 0 aliphatic carbocycles. The van der Waals surface area contributed by atoms with Crippen LogP contribution in [0.3, 0.4) is 0 Å². The summed E-state index contributed by atoms with van der Waals surface area (Å²) >= 11 is 3.91. The van der Waals surface area contributed by atoms with Crippen molar-refractivity contribution in [3.8, 4) is 0 Å². The van der Waals surface area contributed by atoms with E-state index in [-0.39, 0.29) is 6.71 Å². The van der Waals surface area contributed by atoms with E-state index in [9.17, 15) is 0 Å². The second-order valence-electron chi connectivity index (χ2n) is 10.1. The summed E-state index contributed by atoms with van der Waals surface area (Å²) in [5.41, 5.74) is 10.3. The van der Waals surface area contributed by atoms with Crippen molar-refractivity contribution in [3.05, 3.63) is 127 Å². The van der Waals surface area contributed by atoms with Crippen LogP contribution < -0.4 is 25.5 Å². The molecule has 0 N–H and O–H groups in total. The van der Waals surface area contributed by atoms with Crippen molar-refractivity contribution in [1.82, 2.24) is 0 Å². The topological polar surface area (TPSA) is 6.48 Å². The summed E-state index contributed by atoms with van der Waals surface area (Å²) in [7, 11) is 0. The minimum Gasteiger partial charge on any atom is -0.311 e. The van der Waals surface area contributed by atoms with Crippen LogP contribution in [-0.4, -0.2) is 6.71 Å². The molecule has 0 saturated heterocycles. The van der Waals surface area contributed by atoms with Crippen molar-refractivity contribution >= 4 is 98.7 Å². The Morgan fingerprint density at radius 1 is 0.513 bits per heavy atom. The van der Waals surface area contributed by atoms with Gasteiger partial charge in [0.1, 0.15) is 0 Å². The Labute approximate surface area is 235 Å². The lowest BCUT2D eigenvalue weighted by Gasteiger charge is -2.43. The Kier molecular flexibility index (Phi) is 4.48. The van der Waals surface area contributed by atoms with Gasteiger partial charge in [0.15, 0.2) is 0 Å². The predicted octanol–water partition coefficient (Wildman–Crippen LogP) is 8.20. The van der Waals surface area contributed by atoms with Crippen LogP contribution in [0.2, 0.25) is 0 Å². The van der Waals surface area contributed by atoms with Gasteiger partial charge in [-0.2, -0.15) is 0 Å². The Hall–Kier alpha value is -4.32. The molecular weight excluding hydrogens is 511 g/mol. The number of rotatable bonds is 2. The molecule has 39 heavy (non-hydrogen) atoms. The van der Waals surface area contributed by atoms with Crippen molar-refractivity contribution in [2.75, 3.05) is 9.80 Å². The standard InChI is InChI=1S/C34H21BN2S2/c1-3-12-22(13-4-1)36-26-18-9-8-17-25(26)35-31-27(36)19-11-20-28(31)37(23-14-5-2-6-15-23)32-30-24-16-7-10-21-29(24)38-34(30)39-33(32)35/h1-21H. The largest absolute Gasteiger partial charge is 0.311 e. The lowest BCUT2D eigenvalue weighted by molar-refractivity contribution is 1.26. The molecule has 0 unspecified atom stereocenters. The lowest BCUT2D eigenvalue weighted by atomic mass is 9.36. The molecule has 0 fully saturated rings. The number of thiophene rings is 2. The summed E-state index contributed by atoms with van der Waals surface area (Å²) in [5, 5.41) is 2.74. The molecule has 0 atom stereocenters. The zero-order chi connectivity index (χ0) is 25.5. The van der Waals surface area contributed by atoms with Crippen LogP contribution in [0.15, 0.2) is 127 Å². The highest BCUT2D eigenvalue weighted by Gasteiger charge is 2.45. The van der Waals surface area contributed by atoms with Crippen molar-refractivity contribution < 1.29 is 0 Å². The molecule has 9 rings (SSSR count). The Balaban J connectivity index is 1.43. The fourth-order valence-electron chi connectivity index (χ4n) is 6.55. The van der Waals surface area contributed by atoms with Gasteiger partial charge in [0.05, 0.1) is 9.70 Å². The molecule has 0 spiro atoms. The number of anilines is 6. The van der Waals surface area contributed by atoms with Gasteiger partial charge in [-0.1, -0.05) is 78.9 Å². The van der Waals surface area contributed by atoms with E-state index in [0.717, 1.165) is 0 Å². The molecule has 0 bridgehead atoms. The van der Waals surface area contributed by atoms with Crippen LogP contribution in [0.1, 0.15) is 0 Å². The van der Waals surface area contributed by atoms with Crippen LogP contribution >= 0.6 is 22.7 Å². The van der Waals surface area contributed by atoms with Gasteiger partial charge < -0.3 is 9.80 Å². The van der Waals surface area contributed by atoms with Gasteiger partial charge >= 0.3 is 0 Å². The average molecular weight is 533 g/mol. The second kappa shape index (κ2) is 8.09. The third-order valence-corrected chi connectivity index (χ3v) is 10.6. The zero-order valence-electron chi connectivity index (χ0n) is 20.9. The van der Waals surface area contributed by atoms with E-state index in [0.29, 0.717) is 0 Å². The molecule has 5 heteroatoms. The van der Waals surface area contributed by atoms with Crippen LogP contribution in [0.4, 0.5) is 34.1 Å². The van der Waals surface area contributed by atoms with Crippen molar-refractivity contribution in [2.45, 2.75) is 0 Å². The number of fused-ring (bicyclic) bond motifs is 8. The minimum atomic E-state index is 0.186. The molecule has 2 aliphatic rings.